The smallest absolute Gasteiger partial charge is 0.395 e. The zero-order valence-corrected chi connectivity index (χ0v) is 15.1. The van der Waals surface area contributed by atoms with Crippen LogP contribution in [0.5, 0.6) is 0 Å². The highest BCUT2D eigenvalue weighted by Gasteiger charge is 2.26. The summed E-state index contributed by atoms with van der Waals surface area (Å²) in [6.07, 6.45) is 2.42. The van der Waals surface area contributed by atoms with Gasteiger partial charge in [-0.2, -0.15) is 4.98 Å². The summed E-state index contributed by atoms with van der Waals surface area (Å²) >= 11 is 0. The quantitative estimate of drug-likeness (QED) is 0.689. The maximum absolute atomic E-state index is 12.3. The fourth-order valence-electron chi connectivity index (χ4n) is 2.39. The number of amides is 1. The molecule has 0 radical (unpaired) electrons. The fraction of sp³-hybridized carbons (Fsp3) is 0.200. The van der Waals surface area contributed by atoms with Gasteiger partial charge in [0.05, 0.1) is 5.69 Å². The van der Waals surface area contributed by atoms with Crippen LogP contribution < -0.4 is 4.90 Å². The van der Waals surface area contributed by atoms with Crippen molar-refractivity contribution in [1.29, 1.82) is 0 Å². The molecule has 7 nitrogen and oxygen atoms in total. The van der Waals surface area contributed by atoms with Gasteiger partial charge in [-0.15, -0.1) is 0 Å². The largest absolute Gasteiger partial charge is 0.474 e. The highest BCUT2D eigenvalue weighted by Crippen LogP contribution is 2.32. The van der Waals surface area contributed by atoms with Gasteiger partial charge >= 0.3 is 11.9 Å². The first kappa shape index (κ1) is 19.2. The number of carbonyl (C=O) groups excluding carboxylic acids is 1. The molecule has 1 aliphatic carbocycles. The summed E-state index contributed by atoms with van der Waals surface area (Å²) in [4.78, 5) is 28.7. The van der Waals surface area contributed by atoms with Crippen molar-refractivity contribution in [2.45, 2.75) is 25.9 Å². The molecule has 4 rings (SSSR count). The second-order valence-electron chi connectivity index (χ2n) is 6.21. The van der Waals surface area contributed by atoms with E-state index in [4.69, 9.17) is 4.52 Å². The maximum atomic E-state index is 12.3. The Morgan fingerprint density at radius 2 is 1.86 bits per heavy atom. The fourth-order valence-corrected chi connectivity index (χ4v) is 2.39. The number of aliphatic carboxylic acids is 1. The third kappa shape index (κ3) is 4.59. The zero-order chi connectivity index (χ0) is 20.1. The summed E-state index contributed by atoms with van der Waals surface area (Å²) in [7, 11) is 0. The normalized spacial score (nSPS) is 12.6. The van der Waals surface area contributed by atoms with Gasteiger partial charge in [-0.05, 0) is 43.5 Å². The van der Waals surface area contributed by atoms with E-state index in [0.717, 1.165) is 23.3 Å². The van der Waals surface area contributed by atoms with E-state index in [-0.39, 0.29) is 0 Å². The topological polar surface area (TPSA) is 96.5 Å². The molecule has 0 spiro atoms. The van der Waals surface area contributed by atoms with Crippen molar-refractivity contribution in [3.63, 3.8) is 0 Å². The molecule has 3 aromatic rings. The molecule has 0 bridgehead atoms. The molecule has 2 aromatic carbocycles. The molecule has 144 valence electrons. The van der Waals surface area contributed by atoms with E-state index in [1.165, 1.54) is 6.39 Å². The Morgan fingerprint density at radius 3 is 2.39 bits per heavy atom. The number of carboxylic acids is 1. The number of benzene rings is 2. The number of halogens is 1. The minimum Gasteiger partial charge on any atom is -0.474 e. The van der Waals surface area contributed by atoms with Crippen LogP contribution >= 0.6 is 0 Å². The van der Waals surface area contributed by atoms with Crippen molar-refractivity contribution in [2.75, 3.05) is 4.90 Å². The lowest BCUT2D eigenvalue weighted by atomic mass is 10.1. The van der Waals surface area contributed by atoms with Crippen molar-refractivity contribution in [3.05, 3.63) is 60.5 Å². The number of aryl methyl sites for hydroxylation is 1. The summed E-state index contributed by atoms with van der Waals surface area (Å²) in [5.41, 5.74) is 2.25. The molecular formula is C20H18FN3O4. The lowest BCUT2D eigenvalue weighted by molar-refractivity contribution is -0.148. The predicted molar refractivity (Wildman–Crippen MR) is 99.8 cm³/mol. The number of aromatic nitrogens is 2. The highest BCUT2D eigenvalue weighted by atomic mass is 19.1. The van der Waals surface area contributed by atoms with Crippen LogP contribution in [-0.2, 0) is 9.59 Å². The predicted octanol–water partition coefficient (Wildman–Crippen LogP) is 3.91. The number of nitrogens with zero attached hydrogens (tertiary/aromatic N) is 3. The number of hydrogen-bond donors (Lipinski definition) is 1. The van der Waals surface area contributed by atoms with E-state index >= 15 is 0 Å². The van der Waals surface area contributed by atoms with Gasteiger partial charge in [0.15, 0.2) is 0 Å². The number of anilines is 2. The van der Waals surface area contributed by atoms with E-state index in [9.17, 15) is 19.1 Å². The Hall–Kier alpha value is -3.55. The van der Waals surface area contributed by atoms with Crippen molar-refractivity contribution in [1.82, 2.24) is 10.1 Å². The minimum absolute atomic E-state index is 0.354. The third-order valence-corrected chi connectivity index (χ3v) is 3.98. The maximum Gasteiger partial charge on any atom is 0.395 e. The van der Waals surface area contributed by atoms with Gasteiger partial charge in [0.2, 0.25) is 12.2 Å². The lowest BCUT2D eigenvalue weighted by Crippen LogP contribution is -2.33. The van der Waals surface area contributed by atoms with Crippen LogP contribution in [0.1, 0.15) is 18.4 Å². The molecule has 1 N–H and O–H groups in total. The van der Waals surface area contributed by atoms with Gasteiger partial charge in [-0.3, -0.25) is 9.69 Å². The van der Waals surface area contributed by atoms with Crippen LogP contribution in [0.15, 0.2) is 59.4 Å². The average molecular weight is 383 g/mol. The summed E-state index contributed by atoms with van der Waals surface area (Å²) < 4.78 is 15.8. The average Bonchev–Trinajstić information content (AvgIpc) is 3.29. The molecule has 1 fully saturated rings. The monoisotopic (exact) mass is 383 g/mol. The highest BCUT2D eigenvalue weighted by molar-refractivity contribution is 6.39. The van der Waals surface area contributed by atoms with Gasteiger partial charge in [0.1, 0.15) is 6.17 Å². The Morgan fingerprint density at radius 1 is 1.18 bits per heavy atom. The van der Waals surface area contributed by atoms with Crippen LogP contribution in [0.25, 0.3) is 11.4 Å². The number of carbonyl (C=O) groups is 2. The first-order valence-electron chi connectivity index (χ1n) is 8.61. The van der Waals surface area contributed by atoms with E-state index in [0.29, 0.717) is 22.8 Å². The molecular weight excluding hydrogens is 365 g/mol. The van der Waals surface area contributed by atoms with Crippen molar-refractivity contribution in [2.24, 2.45) is 0 Å². The molecule has 0 atom stereocenters. The molecule has 1 aromatic heterocycles. The van der Waals surface area contributed by atoms with Crippen LogP contribution in [0.2, 0.25) is 0 Å². The number of carboxylic acid groups (broad SMARTS) is 1. The molecule has 8 heteroatoms. The van der Waals surface area contributed by atoms with E-state index in [2.05, 4.69) is 10.1 Å². The van der Waals surface area contributed by atoms with Crippen LogP contribution in [0.3, 0.4) is 0 Å². The number of alkyl halides is 1. The first-order chi connectivity index (χ1) is 13.5. The van der Waals surface area contributed by atoms with E-state index < -0.39 is 18.0 Å². The van der Waals surface area contributed by atoms with E-state index in [1.54, 1.807) is 55.5 Å². The molecule has 0 aliphatic heterocycles. The van der Waals surface area contributed by atoms with E-state index in [1.807, 2.05) is 0 Å². The van der Waals surface area contributed by atoms with Gasteiger partial charge in [0.25, 0.3) is 0 Å². The molecule has 1 saturated carbocycles. The van der Waals surface area contributed by atoms with Crippen LogP contribution in [0, 0.1) is 6.92 Å². The SMILES string of the molecule is Cc1ccc(-c2ncon2)cc1N(C(=O)C(=O)O)c1ccccc1.FC1CC1. The summed E-state index contributed by atoms with van der Waals surface area (Å²) in [5, 5.41) is 13.0. The number of rotatable bonds is 3. The summed E-state index contributed by atoms with van der Waals surface area (Å²) in [6.45, 7) is 1.79. The Balaban J connectivity index is 0.000000500. The molecule has 0 saturated heterocycles. The molecule has 0 unspecified atom stereocenters. The number of para-hydroxylation sites is 1. The molecule has 1 heterocycles. The Kier molecular flexibility index (Phi) is 5.78. The molecule has 28 heavy (non-hydrogen) atoms. The van der Waals surface area contributed by atoms with Crippen molar-refractivity contribution >= 4 is 23.3 Å². The standard InChI is InChI=1S/C17H13N3O4.C3H5F/c1-11-7-8-12(15-18-10-24-19-15)9-14(11)20(16(21)17(22)23)13-5-3-2-4-6-13;4-3-1-2-3/h2-10H,1H3,(H,22,23);3H,1-2H2. The first-order valence-corrected chi connectivity index (χ1v) is 8.61. The zero-order valence-electron chi connectivity index (χ0n) is 15.1. The second-order valence-corrected chi connectivity index (χ2v) is 6.21. The van der Waals surface area contributed by atoms with Crippen molar-refractivity contribution < 1.29 is 23.6 Å². The Labute approximate surface area is 160 Å². The van der Waals surface area contributed by atoms with Crippen LogP contribution in [-0.4, -0.2) is 33.3 Å². The van der Waals surface area contributed by atoms with Crippen molar-refractivity contribution in [3.8, 4) is 11.4 Å². The van der Waals surface area contributed by atoms with Gasteiger partial charge in [-0.25, -0.2) is 9.18 Å². The third-order valence-electron chi connectivity index (χ3n) is 3.98. The second kappa shape index (κ2) is 8.43. The lowest BCUT2D eigenvalue weighted by Gasteiger charge is -2.23. The Bertz CT molecular complexity index is 957. The van der Waals surface area contributed by atoms with Crippen LogP contribution in [0.4, 0.5) is 15.8 Å². The number of hydrogen-bond acceptors (Lipinski definition) is 5. The summed E-state index contributed by atoms with van der Waals surface area (Å²) in [6, 6.07) is 13.8. The minimum atomic E-state index is -1.54. The summed E-state index contributed by atoms with van der Waals surface area (Å²) in [5.74, 6) is -2.23. The van der Waals surface area contributed by atoms with Gasteiger partial charge in [-0.1, -0.05) is 35.5 Å². The van der Waals surface area contributed by atoms with Gasteiger partial charge in [0, 0.05) is 11.3 Å². The molecule has 1 aliphatic rings. The van der Waals surface area contributed by atoms with Gasteiger partial charge < -0.3 is 9.63 Å². The molecule has 1 amide bonds.